The van der Waals surface area contributed by atoms with Crippen LogP contribution in [0.4, 0.5) is 0 Å². The van der Waals surface area contributed by atoms with Crippen molar-refractivity contribution in [2.45, 2.75) is 13.8 Å². The number of pyridine rings is 1. The number of aromatic amines is 2. The van der Waals surface area contributed by atoms with Crippen molar-refractivity contribution >= 4 is 11.0 Å². The van der Waals surface area contributed by atoms with E-state index in [1.807, 2.05) is 26.0 Å². The number of hydrogen-bond acceptors (Lipinski definition) is 5. The molecule has 3 aromatic heterocycles. The quantitative estimate of drug-likeness (QED) is 0.523. The largest absolute Gasteiger partial charge is 0.507 e. The minimum Gasteiger partial charge on any atom is -0.507 e. The van der Waals surface area contributed by atoms with Gasteiger partial charge in [0.15, 0.2) is 0 Å². The molecule has 3 heterocycles. The molecule has 0 saturated heterocycles. The van der Waals surface area contributed by atoms with E-state index in [2.05, 4.69) is 25.1 Å². The fourth-order valence-electron chi connectivity index (χ4n) is 2.82. The number of benzene rings is 1. The van der Waals surface area contributed by atoms with Crippen molar-refractivity contribution in [3.05, 3.63) is 58.1 Å². The van der Waals surface area contributed by atoms with Gasteiger partial charge in [-0.2, -0.15) is 5.10 Å². The van der Waals surface area contributed by atoms with Gasteiger partial charge in [0.2, 0.25) is 0 Å². The van der Waals surface area contributed by atoms with Gasteiger partial charge in [0.1, 0.15) is 11.6 Å². The normalized spacial score (nSPS) is 11.1. The first-order valence-corrected chi connectivity index (χ1v) is 7.73. The van der Waals surface area contributed by atoms with Crippen LogP contribution in [-0.4, -0.2) is 30.3 Å². The van der Waals surface area contributed by atoms with Gasteiger partial charge >= 0.3 is 0 Å². The number of aryl methyl sites for hydroxylation is 2. The molecule has 124 valence electrons. The van der Waals surface area contributed by atoms with Gasteiger partial charge < -0.3 is 10.1 Å². The number of aromatic nitrogens is 5. The van der Waals surface area contributed by atoms with E-state index in [4.69, 9.17) is 0 Å². The Bertz CT molecular complexity index is 1100. The zero-order valence-electron chi connectivity index (χ0n) is 13.7. The Morgan fingerprint density at radius 1 is 1.12 bits per heavy atom. The lowest BCUT2D eigenvalue weighted by atomic mass is 10.0. The van der Waals surface area contributed by atoms with Crippen LogP contribution in [0.5, 0.6) is 5.75 Å². The van der Waals surface area contributed by atoms with E-state index in [1.165, 1.54) is 0 Å². The average molecular weight is 333 g/mol. The Labute approximate surface area is 142 Å². The van der Waals surface area contributed by atoms with Crippen LogP contribution in [0.1, 0.15) is 11.1 Å². The first-order valence-electron chi connectivity index (χ1n) is 7.73. The third-order valence-corrected chi connectivity index (χ3v) is 4.13. The van der Waals surface area contributed by atoms with Gasteiger partial charge in [-0.25, -0.2) is 10.1 Å². The zero-order valence-corrected chi connectivity index (χ0v) is 13.7. The van der Waals surface area contributed by atoms with Crippen LogP contribution in [-0.2, 0) is 0 Å². The van der Waals surface area contributed by atoms with Crippen LogP contribution in [0.3, 0.4) is 0 Å². The smallest absolute Gasteiger partial charge is 0.275 e. The van der Waals surface area contributed by atoms with Crippen LogP contribution in [0.15, 0.2) is 41.5 Å². The second-order valence-electron chi connectivity index (χ2n) is 5.93. The second kappa shape index (κ2) is 5.55. The summed E-state index contributed by atoms with van der Waals surface area (Å²) in [5, 5.41) is 16.6. The highest BCUT2D eigenvalue weighted by Crippen LogP contribution is 2.29. The Morgan fingerprint density at radius 2 is 1.88 bits per heavy atom. The maximum absolute atomic E-state index is 12.2. The lowest BCUT2D eigenvalue weighted by molar-refractivity contribution is 0.467. The predicted octanol–water partition coefficient (Wildman–Crippen LogP) is 2.70. The summed E-state index contributed by atoms with van der Waals surface area (Å²) in [6.07, 6.45) is 3.31. The average Bonchev–Trinajstić information content (AvgIpc) is 3.03. The van der Waals surface area contributed by atoms with Gasteiger partial charge in [-0.3, -0.25) is 9.78 Å². The number of phenolic OH excluding ortho intramolecular Hbond substituents is 1. The minimum absolute atomic E-state index is 0.262. The molecule has 0 atom stereocenters. The number of H-pyrrole nitrogens is 2. The Balaban J connectivity index is 1.88. The van der Waals surface area contributed by atoms with Crippen LogP contribution >= 0.6 is 0 Å². The van der Waals surface area contributed by atoms with Gasteiger partial charge in [-0.1, -0.05) is 0 Å². The maximum atomic E-state index is 12.2. The third-order valence-electron chi connectivity index (χ3n) is 4.13. The standard InChI is InChI=1S/C18H15N5O2/c1-9-5-11(6-10(2)16(9)24)14-7-12(18(25)23-22-14)17-20-13-3-4-19-8-15(13)21-17/h3-8,24H,1-2H3,(H,20,21)(H,23,25). The molecule has 0 spiro atoms. The van der Waals surface area contributed by atoms with Crippen LogP contribution in [0.25, 0.3) is 33.7 Å². The molecule has 0 unspecified atom stereocenters. The molecule has 0 aliphatic carbocycles. The molecule has 0 aliphatic rings. The number of nitrogens with one attached hydrogen (secondary N) is 2. The number of rotatable bonds is 2. The first-order chi connectivity index (χ1) is 12.0. The first kappa shape index (κ1) is 15.1. The van der Waals surface area contributed by atoms with E-state index in [9.17, 15) is 9.90 Å². The molecule has 0 saturated carbocycles. The summed E-state index contributed by atoms with van der Waals surface area (Å²) in [5.41, 5.74) is 4.46. The highest BCUT2D eigenvalue weighted by atomic mass is 16.3. The molecule has 0 aliphatic heterocycles. The van der Waals surface area contributed by atoms with Gasteiger partial charge in [-0.15, -0.1) is 0 Å². The topological polar surface area (TPSA) is 108 Å². The summed E-state index contributed by atoms with van der Waals surface area (Å²) < 4.78 is 0. The molecule has 1 aromatic carbocycles. The van der Waals surface area contributed by atoms with Crippen molar-refractivity contribution in [3.63, 3.8) is 0 Å². The van der Waals surface area contributed by atoms with Crippen molar-refractivity contribution < 1.29 is 5.11 Å². The van der Waals surface area contributed by atoms with E-state index in [0.29, 0.717) is 17.1 Å². The Morgan fingerprint density at radius 3 is 2.60 bits per heavy atom. The third kappa shape index (κ3) is 2.55. The minimum atomic E-state index is -0.331. The molecule has 0 radical (unpaired) electrons. The molecule has 4 aromatic rings. The number of aromatic hydroxyl groups is 1. The summed E-state index contributed by atoms with van der Waals surface area (Å²) in [4.78, 5) is 23.8. The van der Waals surface area contributed by atoms with Crippen molar-refractivity contribution in [1.82, 2.24) is 25.1 Å². The molecular formula is C18H15N5O2. The van der Waals surface area contributed by atoms with Crippen molar-refractivity contribution in [3.8, 4) is 28.4 Å². The number of phenols is 1. The predicted molar refractivity (Wildman–Crippen MR) is 94.3 cm³/mol. The number of fused-ring (bicyclic) bond motifs is 1. The maximum Gasteiger partial charge on any atom is 0.275 e. The van der Waals surface area contributed by atoms with Gasteiger partial charge in [0.25, 0.3) is 5.56 Å². The summed E-state index contributed by atoms with van der Waals surface area (Å²) in [6, 6.07) is 7.12. The molecule has 7 nitrogen and oxygen atoms in total. The Kier molecular flexibility index (Phi) is 3.35. The monoisotopic (exact) mass is 333 g/mol. The highest BCUT2D eigenvalue weighted by Gasteiger charge is 2.13. The van der Waals surface area contributed by atoms with Crippen LogP contribution < -0.4 is 5.56 Å². The lowest BCUT2D eigenvalue weighted by Crippen LogP contribution is -2.12. The molecule has 25 heavy (non-hydrogen) atoms. The van der Waals surface area contributed by atoms with Crippen LogP contribution in [0, 0.1) is 13.8 Å². The van der Waals surface area contributed by atoms with E-state index < -0.39 is 0 Å². The van der Waals surface area contributed by atoms with E-state index >= 15 is 0 Å². The second-order valence-corrected chi connectivity index (χ2v) is 5.93. The summed E-state index contributed by atoms with van der Waals surface area (Å²) in [7, 11) is 0. The number of hydrogen-bond donors (Lipinski definition) is 3. The van der Waals surface area contributed by atoms with Crippen molar-refractivity contribution in [1.29, 1.82) is 0 Å². The SMILES string of the molecule is Cc1cc(-c2cc(-c3nc4ccncc4[nH]3)c(=O)[nH]n2)cc(C)c1O. The molecule has 0 amide bonds. The fraction of sp³-hybridized carbons (Fsp3) is 0.111. The molecule has 3 N–H and O–H groups in total. The Hall–Kier alpha value is -3.48. The van der Waals surface area contributed by atoms with Gasteiger partial charge in [0.05, 0.1) is 28.5 Å². The molecule has 0 bridgehead atoms. The molecular weight excluding hydrogens is 318 g/mol. The highest BCUT2D eigenvalue weighted by molar-refractivity contribution is 5.79. The summed E-state index contributed by atoms with van der Waals surface area (Å²) in [6.45, 7) is 3.65. The van der Waals surface area contributed by atoms with E-state index in [0.717, 1.165) is 27.7 Å². The fourth-order valence-corrected chi connectivity index (χ4v) is 2.82. The molecule has 0 fully saturated rings. The lowest BCUT2D eigenvalue weighted by Gasteiger charge is -2.08. The summed E-state index contributed by atoms with van der Waals surface area (Å²) >= 11 is 0. The zero-order chi connectivity index (χ0) is 17.6. The van der Waals surface area contributed by atoms with Crippen molar-refractivity contribution in [2.75, 3.05) is 0 Å². The number of nitrogens with zero attached hydrogens (tertiary/aromatic N) is 3. The van der Waals surface area contributed by atoms with E-state index in [1.54, 1.807) is 24.5 Å². The van der Waals surface area contributed by atoms with Crippen LogP contribution in [0.2, 0.25) is 0 Å². The van der Waals surface area contributed by atoms with Gasteiger partial charge in [0, 0.05) is 11.8 Å². The number of imidazole rings is 1. The van der Waals surface area contributed by atoms with E-state index in [-0.39, 0.29) is 11.3 Å². The molecule has 7 heteroatoms. The summed E-state index contributed by atoms with van der Waals surface area (Å²) in [5.74, 6) is 0.721. The van der Waals surface area contributed by atoms with Crippen molar-refractivity contribution in [2.24, 2.45) is 0 Å². The van der Waals surface area contributed by atoms with Gasteiger partial charge in [-0.05, 0) is 49.2 Å². The molecule has 4 rings (SSSR count).